The summed E-state index contributed by atoms with van der Waals surface area (Å²) in [7, 11) is 2.00. The van der Waals surface area contributed by atoms with Gasteiger partial charge in [-0.25, -0.2) is 0 Å². The molecule has 0 aliphatic carbocycles. The predicted octanol–water partition coefficient (Wildman–Crippen LogP) is 0.724. The maximum Gasteiger partial charge on any atom is 0.415 e. The Morgan fingerprint density at radius 3 is 2.33 bits per heavy atom. The van der Waals surface area contributed by atoms with Gasteiger partial charge in [0.15, 0.2) is 5.54 Å². The Morgan fingerprint density at radius 2 is 1.89 bits per heavy atom. The van der Waals surface area contributed by atoms with Crippen molar-refractivity contribution in [3.63, 3.8) is 0 Å². The van der Waals surface area contributed by atoms with Gasteiger partial charge < -0.3 is 16.0 Å². The number of carbonyl (C=O) groups is 1. The number of likely N-dealkylation sites (tertiary alicyclic amines) is 1. The van der Waals surface area contributed by atoms with Crippen molar-refractivity contribution in [2.75, 3.05) is 26.7 Å². The van der Waals surface area contributed by atoms with Crippen LogP contribution in [0.3, 0.4) is 0 Å². The molecule has 18 heavy (non-hydrogen) atoms. The van der Waals surface area contributed by atoms with E-state index in [2.05, 4.69) is 10.2 Å². The molecule has 1 rings (SSSR count). The molecule has 0 aromatic carbocycles. The zero-order valence-corrected chi connectivity index (χ0v) is 10.7. The summed E-state index contributed by atoms with van der Waals surface area (Å²) in [6, 6.07) is 0. The first-order chi connectivity index (χ1) is 8.14. The van der Waals surface area contributed by atoms with Crippen LogP contribution < -0.4 is 11.1 Å². The summed E-state index contributed by atoms with van der Waals surface area (Å²) in [5.74, 6) is -0.928. The van der Waals surface area contributed by atoms with Gasteiger partial charge in [-0.05, 0) is 45.8 Å². The molecule has 0 radical (unpaired) electrons. The Kier molecular flexibility index (Phi) is 4.61. The molecule has 1 fully saturated rings. The van der Waals surface area contributed by atoms with Crippen LogP contribution in [-0.4, -0.2) is 49.2 Å². The Hall–Kier alpha value is -0.820. The lowest BCUT2D eigenvalue weighted by Gasteiger charge is -2.31. The van der Waals surface area contributed by atoms with Crippen molar-refractivity contribution in [1.29, 1.82) is 0 Å². The quantitative estimate of drug-likeness (QED) is 0.792. The van der Waals surface area contributed by atoms with Gasteiger partial charge >= 0.3 is 6.18 Å². The Morgan fingerprint density at radius 1 is 1.39 bits per heavy atom. The van der Waals surface area contributed by atoms with Gasteiger partial charge in [-0.1, -0.05) is 0 Å². The maximum atomic E-state index is 12.5. The summed E-state index contributed by atoms with van der Waals surface area (Å²) >= 11 is 0. The molecule has 0 spiro atoms. The second-order valence-corrected chi connectivity index (χ2v) is 5.16. The zero-order valence-electron chi connectivity index (χ0n) is 10.7. The first-order valence-electron chi connectivity index (χ1n) is 5.97. The number of hydrogen-bond acceptors (Lipinski definition) is 3. The molecule has 1 amide bonds. The topological polar surface area (TPSA) is 58.4 Å². The summed E-state index contributed by atoms with van der Waals surface area (Å²) < 4.78 is 37.5. The van der Waals surface area contributed by atoms with Gasteiger partial charge in [0, 0.05) is 6.54 Å². The molecular weight excluding hydrogens is 247 g/mol. The first kappa shape index (κ1) is 15.2. The molecule has 1 heterocycles. The molecule has 0 saturated carbocycles. The molecule has 3 N–H and O–H groups in total. The third-order valence-corrected chi connectivity index (χ3v) is 3.45. The number of nitrogens with two attached hydrogens (primary N) is 1. The molecule has 1 unspecified atom stereocenters. The van der Waals surface area contributed by atoms with Crippen LogP contribution >= 0.6 is 0 Å². The lowest BCUT2D eigenvalue weighted by atomic mass is 9.96. The van der Waals surface area contributed by atoms with Gasteiger partial charge in [0.2, 0.25) is 5.91 Å². The molecule has 4 nitrogen and oxygen atoms in total. The fourth-order valence-corrected chi connectivity index (χ4v) is 1.82. The Labute approximate surface area is 105 Å². The number of alkyl halides is 3. The van der Waals surface area contributed by atoms with Gasteiger partial charge in [-0.15, -0.1) is 0 Å². The summed E-state index contributed by atoms with van der Waals surface area (Å²) in [5.41, 5.74) is 2.21. The van der Waals surface area contributed by atoms with E-state index < -0.39 is 17.6 Å². The number of amides is 1. The SMILES string of the molecule is CN1CCC(CNC(=O)C(C)(N)C(F)(F)F)CC1. The van der Waals surface area contributed by atoms with Gasteiger partial charge in [-0.3, -0.25) is 4.79 Å². The molecule has 1 saturated heterocycles. The van der Waals surface area contributed by atoms with Crippen LogP contribution in [0.25, 0.3) is 0 Å². The van der Waals surface area contributed by atoms with Crippen LogP contribution in [0.15, 0.2) is 0 Å². The summed E-state index contributed by atoms with van der Waals surface area (Å²) in [6.45, 7) is 2.76. The maximum absolute atomic E-state index is 12.5. The van der Waals surface area contributed by atoms with Gasteiger partial charge in [0.1, 0.15) is 0 Å². The minimum atomic E-state index is -4.73. The average Bonchev–Trinajstić information content (AvgIpc) is 2.26. The normalized spacial score (nSPS) is 22.6. The van der Waals surface area contributed by atoms with Crippen molar-refractivity contribution in [1.82, 2.24) is 10.2 Å². The fraction of sp³-hybridized carbons (Fsp3) is 0.909. The number of piperidine rings is 1. The zero-order chi connectivity index (χ0) is 14.0. The van der Waals surface area contributed by atoms with Crippen LogP contribution in [0.5, 0.6) is 0 Å². The standard InChI is InChI=1S/C11H20F3N3O/c1-10(15,11(12,13)14)9(18)16-7-8-3-5-17(2)6-4-8/h8H,3-7,15H2,1-2H3,(H,16,18). The van der Waals surface area contributed by atoms with Gasteiger partial charge in [0.25, 0.3) is 0 Å². The van der Waals surface area contributed by atoms with E-state index in [0.717, 1.165) is 25.9 Å². The highest BCUT2D eigenvalue weighted by atomic mass is 19.4. The third kappa shape index (κ3) is 3.58. The van der Waals surface area contributed by atoms with E-state index in [1.165, 1.54) is 0 Å². The van der Waals surface area contributed by atoms with Crippen molar-refractivity contribution >= 4 is 5.91 Å². The van der Waals surface area contributed by atoms with Crippen LogP contribution in [0.4, 0.5) is 13.2 Å². The summed E-state index contributed by atoms with van der Waals surface area (Å²) in [4.78, 5) is 13.6. The number of hydrogen-bond donors (Lipinski definition) is 2. The van der Waals surface area contributed by atoms with E-state index in [1.807, 2.05) is 7.05 Å². The van der Waals surface area contributed by atoms with Crippen LogP contribution in [0, 0.1) is 5.92 Å². The molecular formula is C11H20F3N3O. The van der Waals surface area contributed by atoms with Crippen LogP contribution in [0.1, 0.15) is 19.8 Å². The molecule has 1 aliphatic rings. The largest absolute Gasteiger partial charge is 0.415 e. The predicted molar refractivity (Wildman–Crippen MR) is 61.9 cm³/mol. The minimum Gasteiger partial charge on any atom is -0.354 e. The number of rotatable bonds is 3. The molecule has 106 valence electrons. The van der Waals surface area contributed by atoms with Crippen LogP contribution in [-0.2, 0) is 4.79 Å². The van der Waals surface area contributed by atoms with E-state index in [1.54, 1.807) is 0 Å². The monoisotopic (exact) mass is 267 g/mol. The minimum absolute atomic E-state index is 0.231. The van der Waals surface area contributed by atoms with Crippen molar-refractivity contribution < 1.29 is 18.0 Å². The van der Waals surface area contributed by atoms with Crippen LogP contribution in [0.2, 0.25) is 0 Å². The molecule has 1 aliphatic heterocycles. The van der Waals surface area contributed by atoms with Crippen molar-refractivity contribution in [3.8, 4) is 0 Å². The second kappa shape index (κ2) is 5.44. The van der Waals surface area contributed by atoms with E-state index >= 15 is 0 Å². The van der Waals surface area contributed by atoms with Gasteiger partial charge in [0.05, 0.1) is 0 Å². The van der Waals surface area contributed by atoms with E-state index in [9.17, 15) is 18.0 Å². The number of halogens is 3. The highest BCUT2D eigenvalue weighted by molar-refractivity contribution is 5.86. The summed E-state index contributed by atoms with van der Waals surface area (Å²) in [5, 5.41) is 2.31. The molecule has 0 aromatic heterocycles. The van der Waals surface area contributed by atoms with E-state index in [0.29, 0.717) is 6.92 Å². The second-order valence-electron chi connectivity index (χ2n) is 5.16. The molecule has 0 bridgehead atoms. The third-order valence-electron chi connectivity index (χ3n) is 3.45. The van der Waals surface area contributed by atoms with E-state index in [-0.39, 0.29) is 12.5 Å². The number of nitrogens with zero attached hydrogens (tertiary/aromatic N) is 1. The lowest BCUT2D eigenvalue weighted by molar-refractivity contribution is -0.187. The lowest BCUT2D eigenvalue weighted by Crippen LogP contribution is -2.61. The average molecular weight is 267 g/mol. The van der Waals surface area contributed by atoms with Crippen molar-refractivity contribution in [2.45, 2.75) is 31.5 Å². The fourth-order valence-electron chi connectivity index (χ4n) is 1.82. The molecule has 1 atom stereocenters. The van der Waals surface area contributed by atoms with Gasteiger partial charge in [-0.2, -0.15) is 13.2 Å². The number of nitrogens with one attached hydrogen (secondary N) is 1. The van der Waals surface area contributed by atoms with E-state index in [4.69, 9.17) is 5.73 Å². The van der Waals surface area contributed by atoms with Crippen molar-refractivity contribution in [2.24, 2.45) is 11.7 Å². The Bertz CT molecular complexity index is 296. The highest BCUT2D eigenvalue weighted by Crippen LogP contribution is 2.28. The molecule has 0 aromatic rings. The van der Waals surface area contributed by atoms with Crippen molar-refractivity contribution in [3.05, 3.63) is 0 Å². The summed E-state index contributed by atoms with van der Waals surface area (Å²) in [6.07, 6.45) is -2.97. The first-order valence-corrected chi connectivity index (χ1v) is 5.97. The molecule has 7 heteroatoms. The smallest absolute Gasteiger partial charge is 0.354 e. The highest BCUT2D eigenvalue weighted by Gasteiger charge is 2.53. The Balaban J connectivity index is 2.42. The number of carbonyl (C=O) groups excluding carboxylic acids is 1.